The first-order valence-electron chi connectivity index (χ1n) is 14.5. The van der Waals surface area contributed by atoms with E-state index in [-0.39, 0.29) is 24.1 Å². The molecule has 0 bridgehead atoms. The lowest BCUT2D eigenvalue weighted by atomic mass is 9.91. The van der Waals surface area contributed by atoms with Gasteiger partial charge in [-0.2, -0.15) is 8.78 Å². The minimum Gasteiger partial charge on any atom is -0.435 e. The number of likely N-dealkylation sites (tertiary alicyclic amines) is 1. The number of β-amino-alcohol motifs (C(OH)–C–C–N with tert-alkyl or cyclic N) is 1. The molecule has 2 fully saturated rings. The van der Waals surface area contributed by atoms with E-state index in [1.165, 1.54) is 12.1 Å². The topological polar surface area (TPSA) is 124 Å². The van der Waals surface area contributed by atoms with Crippen LogP contribution in [-0.4, -0.2) is 93.1 Å². The summed E-state index contributed by atoms with van der Waals surface area (Å²) in [6.45, 7) is 2.21. The molecule has 2 amide bonds. The summed E-state index contributed by atoms with van der Waals surface area (Å²) in [6, 6.07) is 11.7. The van der Waals surface area contributed by atoms with Crippen LogP contribution >= 0.6 is 0 Å². The van der Waals surface area contributed by atoms with Gasteiger partial charge in [-0.15, -0.1) is 0 Å². The molecule has 0 radical (unpaired) electrons. The van der Waals surface area contributed by atoms with E-state index in [0.717, 1.165) is 29.9 Å². The van der Waals surface area contributed by atoms with Crippen molar-refractivity contribution in [3.05, 3.63) is 72.2 Å². The first-order chi connectivity index (χ1) is 21.3. The van der Waals surface area contributed by atoms with Crippen LogP contribution in [-0.2, 0) is 4.79 Å². The third kappa shape index (κ3) is 6.06. The van der Waals surface area contributed by atoms with Crippen LogP contribution in [0.3, 0.4) is 0 Å². The SMILES string of the molecule is Cc1cc(Nc2nccn3c(-c4ccc(OC(F)F)cc4)cnc23)ccc1C(=O)N1CC[C@@H](C(=O)N2CCNCC2)[C@H](O)C1. The number of rotatable bonds is 7. The largest absolute Gasteiger partial charge is 0.435 e. The maximum atomic E-state index is 13.4. The van der Waals surface area contributed by atoms with Gasteiger partial charge in [-0.05, 0) is 61.4 Å². The monoisotopic (exact) mass is 605 g/mol. The van der Waals surface area contributed by atoms with Crippen LogP contribution in [0.1, 0.15) is 22.3 Å². The van der Waals surface area contributed by atoms with E-state index in [1.807, 2.05) is 17.4 Å². The second-order valence-electron chi connectivity index (χ2n) is 11.0. The number of imidazole rings is 1. The molecule has 0 spiro atoms. The Kier molecular flexibility index (Phi) is 8.40. The molecule has 2 aromatic carbocycles. The van der Waals surface area contributed by atoms with E-state index in [4.69, 9.17) is 0 Å². The Hall–Kier alpha value is -4.62. The summed E-state index contributed by atoms with van der Waals surface area (Å²) in [5.74, 6) is -0.163. The molecule has 6 rings (SSSR count). The normalized spacial score (nSPS) is 18.9. The highest BCUT2D eigenvalue weighted by Gasteiger charge is 2.37. The highest BCUT2D eigenvalue weighted by atomic mass is 19.3. The minimum atomic E-state index is -2.89. The number of ether oxygens (including phenoxy) is 1. The summed E-state index contributed by atoms with van der Waals surface area (Å²) in [7, 11) is 0. The molecule has 0 saturated carbocycles. The second-order valence-corrected chi connectivity index (χ2v) is 11.0. The zero-order valence-electron chi connectivity index (χ0n) is 24.1. The summed E-state index contributed by atoms with van der Waals surface area (Å²) in [5, 5.41) is 17.3. The number of aromatic nitrogens is 3. The number of hydrogen-bond donors (Lipinski definition) is 3. The highest BCUT2D eigenvalue weighted by Crippen LogP contribution is 2.29. The Labute approximate surface area is 252 Å². The van der Waals surface area contributed by atoms with Crippen molar-refractivity contribution in [2.75, 3.05) is 44.6 Å². The average molecular weight is 606 g/mol. The Bertz CT molecular complexity index is 1660. The minimum absolute atomic E-state index is 0.0386. The quantitative estimate of drug-likeness (QED) is 0.293. The molecule has 2 aliphatic rings. The fourth-order valence-corrected chi connectivity index (χ4v) is 5.84. The van der Waals surface area contributed by atoms with Gasteiger partial charge in [0.15, 0.2) is 11.5 Å². The number of aryl methyl sites for hydroxylation is 1. The number of carbonyl (C=O) groups is 2. The lowest BCUT2D eigenvalue weighted by molar-refractivity contribution is -0.142. The van der Waals surface area contributed by atoms with Crippen molar-refractivity contribution in [3.63, 3.8) is 0 Å². The van der Waals surface area contributed by atoms with Gasteiger partial charge >= 0.3 is 6.61 Å². The number of nitrogens with one attached hydrogen (secondary N) is 2. The Morgan fingerprint density at radius 1 is 1.07 bits per heavy atom. The summed E-state index contributed by atoms with van der Waals surface area (Å²) >= 11 is 0. The van der Waals surface area contributed by atoms with Crippen molar-refractivity contribution in [3.8, 4) is 17.0 Å². The van der Waals surface area contributed by atoms with E-state index < -0.39 is 18.6 Å². The maximum absolute atomic E-state index is 13.4. The van der Waals surface area contributed by atoms with Crippen LogP contribution in [0.4, 0.5) is 20.3 Å². The van der Waals surface area contributed by atoms with Gasteiger partial charge in [0.2, 0.25) is 5.91 Å². The van der Waals surface area contributed by atoms with Crippen molar-refractivity contribution in [2.24, 2.45) is 5.92 Å². The predicted octanol–water partition coefficient (Wildman–Crippen LogP) is 3.30. The highest BCUT2D eigenvalue weighted by molar-refractivity contribution is 5.96. The summed E-state index contributed by atoms with van der Waals surface area (Å²) < 4.78 is 31.3. The van der Waals surface area contributed by atoms with Crippen LogP contribution in [0, 0.1) is 12.8 Å². The number of anilines is 2. The number of piperazine rings is 1. The third-order valence-corrected chi connectivity index (χ3v) is 8.14. The Balaban J connectivity index is 1.13. The van der Waals surface area contributed by atoms with Crippen LogP contribution in [0.25, 0.3) is 16.9 Å². The molecule has 44 heavy (non-hydrogen) atoms. The summed E-state index contributed by atoms with van der Waals surface area (Å²) in [4.78, 5) is 38.7. The number of aliphatic hydroxyl groups is 1. The first-order valence-corrected chi connectivity index (χ1v) is 14.5. The lowest BCUT2D eigenvalue weighted by Crippen LogP contribution is -2.55. The molecule has 3 N–H and O–H groups in total. The second kappa shape index (κ2) is 12.5. The summed E-state index contributed by atoms with van der Waals surface area (Å²) in [5.41, 5.74) is 4.03. The smallest absolute Gasteiger partial charge is 0.387 e. The fourth-order valence-electron chi connectivity index (χ4n) is 5.84. The molecular weight excluding hydrogens is 572 g/mol. The van der Waals surface area contributed by atoms with Crippen molar-refractivity contribution >= 4 is 29.0 Å². The van der Waals surface area contributed by atoms with Gasteiger partial charge in [-0.3, -0.25) is 14.0 Å². The van der Waals surface area contributed by atoms with Crippen molar-refractivity contribution in [1.29, 1.82) is 0 Å². The number of carbonyl (C=O) groups excluding carboxylic acids is 2. The standard InChI is InChI=1S/C31H33F2N7O4/c1-19-16-21(4-7-23(19)29(42)39-12-8-24(26(41)18-39)30(43)38-13-9-34-10-14-38)37-27-28-36-17-25(40(28)15-11-35-27)20-2-5-22(6-3-20)44-31(32)33/h2-7,11,15-17,24,26,31,34,41H,8-10,12-14,18H2,1H3,(H,35,37)/t24-,26-/m1/s1. The van der Waals surface area contributed by atoms with Gasteiger partial charge in [0.05, 0.1) is 23.9 Å². The van der Waals surface area contributed by atoms with Gasteiger partial charge in [0, 0.05) is 68.5 Å². The van der Waals surface area contributed by atoms with Crippen LogP contribution in [0.5, 0.6) is 5.75 Å². The number of piperidine rings is 1. The molecule has 2 aromatic heterocycles. The Morgan fingerprint density at radius 2 is 1.84 bits per heavy atom. The van der Waals surface area contributed by atoms with E-state index in [0.29, 0.717) is 48.8 Å². The molecule has 2 aliphatic heterocycles. The third-order valence-electron chi connectivity index (χ3n) is 8.14. The molecule has 230 valence electrons. The van der Waals surface area contributed by atoms with Crippen molar-refractivity contribution in [2.45, 2.75) is 26.1 Å². The maximum Gasteiger partial charge on any atom is 0.387 e. The lowest BCUT2D eigenvalue weighted by Gasteiger charge is -2.38. The number of aliphatic hydroxyl groups excluding tert-OH is 1. The predicted molar refractivity (Wildman–Crippen MR) is 159 cm³/mol. The fraction of sp³-hybridized carbons (Fsp3) is 0.355. The van der Waals surface area contributed by atoms with Crippen molar-refractivity contribution < 1.29 is 28.2 Å². The number of fused-ring (bicyclic) bond motifs is 1. The van der Waals surface area contributed by atoms with E-state index >= 15 is 0 Å². The molecule has 4 heterocycles. The molecular formula is C31H33F2N7O4. The Morgan fingerprint density at radius 3 is 2.55 bits per heavy atom. The average Bonchev–Trinajstić information content (AvgIpc) is 3.46. The molecule has 11 nitrogen and oxygen atoms in total. The van der Waals surface area contributed by atoms with Gasteiger partial charge < -0.3 is 30.3 Å². The number of amides is 2. The van der Waals surface area contributed by atoms with E-state index in [1.54, 1.807) is 52.7 Å². The molecule has 4 aromatic rings. The van der Waals surface area contributed by atoms with Crippen LogP contribution < -0.4 is 15.4 Å². The number of nitrogens with zero attached hydrogens (tertiary/aromatic N) is 5. The zero-order valence-corrected chi connectivity index (χ0v) is 24.1. The molecule has 2 saturated heterocycles. The number of halogens is 2. The van der Waals surface area contributed by atoms with Crippen LogP contribution in [0.15, 0.2) is 61.1 Å². The van der Waals surface area contributed by atoms with Gasteiger partial charge in [0.1, 0.15) is 5.75 Å². The molecule has 13 heteroatoms. The van der Waals surface area contributed by atoms with Gasteiger partial charge in [0.25, 0.3) is 5.91 Å². The van der Waals surface area contributed by atoms with Crippen molar-refractivity contribution in [1.82, 2.24) is 29.5 Å². The van der Waals surface area contributed by atoms with Gasteiger partial charge in [-0.25, -0.2) is 9.97 Å². The number of benzene rings is 2. The first kappa shape index (κ1) is 29.5. The van der Waals surface area contributed by atoms with E-state index in [2.05, 4.69) is 25.3 Å². The number of alkyl halides is 2. The molecule has 0 aliphatic carbocycles. The van der Waals surface area contributed by atoms with Gasteiger partial charge in [-0.1, -0.05) is 0 Å². The molecule has 2 atom stereocenters. The van der Waals surface area contributed by atoms with E-state index in [9.17, 15) is 23.5 Å². The summed E-state index contributed by atoms with van der Waals surface area (Å²) in [6.07, 6.45) is 4.57. The zero-order chi connectivity index (χ0) is 30.8. The number of hydrogen-bond acceptors (Lipinski definition) is 8. The molecule has 0 unspecified atom stereocenters. The van der Waals surface area contributed by atoms with Crippen LogP contribution in [0.2, 0.25) is 0 Å².